The molecule has 2 aromatic rings. The fraction of sp³-hybridized carbons (Fsp3) is 0.214. The molecule has 23 heavy (non-hydrogen) atoms. The van der Waals surface area contributed by atoms with E-state index in [9.17, 15) is 13.2 Å². The molecule has 0 N–H and O–H groups in total. The zero-order valence-electron chi connectivity index (χ0n) is 12.4. The molecule has 0 radical (unpaired) electrons. The number of esters is 1. The molecule has 0 aliphatic carbocycles. The van der Waals surface area contributed by atoms with Crippen LogP contribution < -0.4 is 9.04 Å². The van der Waals surface area contributed by atoms with Gasteiger partial charge in [-0.1, -0.05) is 17.7 Å². The largest absolute Gasteiger partial charge is 0.495 e. The first-order chi connectivity index (χ1) is 10.9. The van der Waals surface area contributed by atoms with E-state index in [4.69, 9.17) is 16.3 Å². The summed E-state index contributed by atoms with van der Waals surface area (Å²) in [5, 5.41) is 1.95. The summed E-state index contributed by atoms with van der Waals surface area (Å²) in [4.78, 5) is 11.7. The minimum Gasteiger partial charge on any atom is -0.495 e. The van der Waals surface area contributed by atoms with Crippen molar-refractivity contribution in [3.8, 4) is 5.75 Å². The summed E-state index contributed by atoms with van der Waals surface area (Å²) in [6, 6.07) is 7.60. The SMILES string of the molecule is COC(=O)CN(c1cc(Cl)ccc1OC)S(=O)(=O)c1cccs1. The van der Waals surface area contributed by atoms with Crippen LogP contribution in [0.5, 0.6) is 5.75 Å². The van der Waals surface area contributed by atoms with Gasteiger partial charge in [-0.3, -0.25) is 9.10 Å². The molecule has 6 nitrogen and oxygen atoms in total. The third-order valence-electron chi connectivity index (χ3n) is 2.95. The number of anilines is 1. The van der Waals surface area contributed by atoms with Gasteiger partial charge in [-0.15, -0.1) is 11.3 Å². The van der Waals surface area contributed by atoms with Crippen LogP contribution in [0.1, 0.15) is 0 Å². The molecule has 0 unspecified atom stereocenters. The van der Waals surface area contributed by atoms with E-state index in [0.29, 0.717) is 5.02 Å². The van der Waals surface area contributed by atoms with Gasteiger partial charge in [0.2, 0.25) is 0 Å². The van der Waals surface area contributed by atoms with Crippen molar-refractivity contribution in [3.63, 3.8) is 0 Å². The van der Waals surface area contributed by atoms with Crippen molar-refractivity contribution in [1.82, 2.24) is 0 Å². The Morgan fingerprint density at radius 3 is 2.61 bits per heavy atom. The van der Waals surface area contributed by atoms with Gasteiger partial charge in [-0.2, -0.15) is 0 Å². The molecule has 0 saturated heterocycles. The normalized spacial score (nSPS) is 11.1. The predicted molar refractivity (Wildman–Crippen MR) is 88.9 cm³/mol. The molecule has 0 spiro atoms. The first kappa shape index (κ1) is 17.6. The van der Waals surface area contributed by atoms with Gasteiger partial charge in [0.15, 0.2) is 0 Å². The maximum absolute atomic E-state index is 12.9. The summed E-state index contributed by atoms with van der Waals surface area (Å²) in [5.74, 6) is -0.425. The number of halogens is 1. The molecule has 1 aromatic heterocycles. The standard InChI is InChI=1S/C14H14ClNO5S2/c1-20-12-6-5-10(15)8-11(12)16(9-13(17)21-2)23(18,19)14-4-3-7-22-14/h3-8H,9H2,1-2H3. The fourth-order valence-corrected chi connectivity index (χ4v) is 4.54. The molecular weight excluding hydrogens is 362 g/mol. The highest BCUT2D eigenvalue weighted by Crippen LogP contribution is 2.35. The number of carbonyl (C=O) groups excluding carboxylic acids is 1. The molecule has 0 fully saturated rings. The van der Waals surface area contributed by atoms with Crippen molar-refractivity contribution < 1.29 is 22.7 Å². The van der Waals surface area contributed by atoms with Gasteiger partial charge in [0, 0.05) is 5.02 Å². The summed E-state index contributed by atoms with van der Waals surface area (Å²) < 4.78 is 36.5. The van der Waals surface area contributed by atoms with Gasteiger partial charge < -0.3 is 9.47 Å². The second kappa shape index (κ2) is 7.20. The van der Waals surface area contributed by atoms with Crippen LogP contribution >= 0.6 is 22.9 Å². The second-order valence-electron chi connectivity index (χ2n) is 4.34. The van der Waals surface area contributed by atoms with Gasteiger partial charge in [0.05, 0.1) is 19.9 Å². The predicted octanol–water partition coefficient (Wildman–Crippen LogP) is 2.78. The molecule has 2 rings (SSSR count). The van der Waals surface area contributed by atoms with Gasteiger partial charge in [-0.25, -0.2) is 8.42 Å². The zero-order chi connectivity index (χ0) is 17.0. The van der Waals surface area contributed by atoms with E-state index >= 15 is 0 Å². The van der Waals surface area contributed by atoms with Crippen molar-refractivity contribution in [1.29, 1.82) is 0 Å². The molecule has 0 bridgehead atoms. The van der Waals surface area contributed by atoms with Crippen LogP contribution in [0.4, 0.5) is 5.69 Å². The Hall–Kier alpha value is -1.77. The number of hydrogen-bond donors (Lipinski definition) is 0. The Morgan fingerprint density at radius 1 is 1.30 bits per heavy atom. The van der Waals surface area contributed by atoms with Crippen LogP contribution in [-0.4, -0.2) is 35.2 Å². The lowest BCUT2D eigenvalue weighted by atomic mass is 10.3. The number of benzene rings is 1. The van der Waals surface area contributed by atoms with Gasteiger partial charge >= 0.3 is 5.97 Å². The quantitative estimate of drug-likeness (QED) is 0.726. The number of rotatable bonds is 6. The molecule has 1 aromatic carbocycles. The highest BCUT2D eigenvalue weighted by atomic mass is 35.5. The number of carbonyl (C=O) groups is 1. The lowest BCUT2D eigenvalue weighted by molar-refractivity contribution is -0.138. The highest BCUT2D eigenvalue weighted by Gasteiger charge is 2.30. The molecule has 1 heterocycles. The molecule has 0 atom stereocenters. The highest BCUT2D eigenvalue weighted by molar-refractivity contribution is 7.94. The van der Waals surface area contributed by atoms with Crippen LogP contribution in [-0.2, 0) is 19.6 Å². The van der Waals surface area contributed by atoms with Crippen molar-refractivity contribution in [2.24, 2.45) is 0 Å². The molecule has 9 heteroatoms. The number of nitrogens with zero attached hydrogens (tertiary/aromatic N) is 1. The van der Waals surface area contributed by atoms with Crippen molar-refractivity contribution in [3.05, 3.63) is 40.7 Å². The number of hydrogen-bond acceptors (Lipinski definition) is 6. The topological polar surface area (TPSA) is 72.9 Å². The minimum absolute atomic E-state index is 0.100. The lowest BCUT2D eigenvalue weighted by Gasteiger charge is -2.24. The van der Waals surface area contributed by atoms with E-state index in [2.05, 4.69) is 4.74 Å². The summed E-state index contributed by atoms with van der Waals surface area (Å²) in [6.45, 7) is -0.493. The number of methoxy groups -OCH3 is 2. The minimum atomic E-state index is -3.95. The van der Waals surface area contributed by atoms with E-state index in [1.807, 2.05) is 0 Å². The molecule has 124 valence electrons. The van der Waals surface area contributed by atoms with Crippen LogP contribution in [0.2, 0.25) is 5.02 Å². The summed E-state index contributed by atoms with van der Waals surface area (Å²) in [5.41, 5.74) is 0.166. The van der Waals surface area contributed by atoms with E-state index in [1.54, 1.807) is 17.5 Å². The third kappa shape index (κ3) is 3.77. The molecule has 0 saturated carbocycles. The monoisotopic (exact) mass is 375 g/mol. The van der Waals surface area contributed by atoms with Gasteiger partial charge in [-0.05, 0) is 29.6 Å². The molecular formula is C14H14ClNO5S2. The number of thiophene rings is 1. The summed E-state index contributed by atoms with van der Waals surface area (Å²) >= 11 is 7.02. The summed E-state index contributed by atoms with van der Waals surface area (Å²) in [6.07, 6.45) is 0. The Kier molecular flexibility index (Phi) is 5.51. The van der Waals surface area contributed by atoms with E-state index in [1.165, 1.54) is 32.4 Å². The van der Waals surface area contributed by atoms with Crippen molar-refractivity contribution >= 4 is 44.6 Å². The molecule has 0 aliphatic heterocycles. The van der Waals surface area contributed by atoms with Crippen LogP contribution in [0.15, 0.2) is 39.9 Å². The Morgan fingerprint density at radius 2 is 2.04 bits per heavy atom. The number of ether oxygens (including phenoxy) is 2. The number of sulfonamides is 1. The van der Waals surface area contributed by atoms with Crippen LogP contribution in [0.25, 0.3) is 0 Å². The average Bonchev–Trinajstić information content (AvgIpc) is 3.07. The van der Waals surface area contributed by atoms with Crippen molar-refractivity contribution in [2.45, 2.75) is 4.21 Å². The first-order valence-electron chi connectivity index (χ1n) is 6.36. The van der Waals surface area contributed by atoms with E-state index in [-0.39, 0.29) is 15.6 Å². The average molecular weight is 376 g/mol. The van der Waals surface area contributed by atoms with Gasteiger partial charge in [0.1, 0.15) is 16.5 Å². The fourth-order valence-electron chi connectivity index (χ4n) is 1.86. The van der Waals surface area contributed by atoms with Crippen LogP contribution in [0.3, 0.4) is 0 Å². The molecule has 0 aliphatic rings. The Labute approximate surface area is 143 Å². The second-order valence-corrected chi connectivity index (χ2v) is 7.81. The smallest absolute Gasteiger partial charge is 0.326 e. The third-order valence-corrected chi connectivity index (χ3v) is 6.32. The zero-order valence-corrected chi connectivity index (χ0v) is 14.7. The maximum atomic E-state index is 12.9. The Bertz CT molecular complexity index is 790. The van der Waals surface area contributed by atoms with E-state index < -0.39 is 22.5 Å². The first-order valence-corrected chi connectivity index (χ1v) is 9.06. The van der Waals surface area contributed by atoms with Crippen LogP contribution in [0, 0.1) is 0 Å². The molecule has 0 amide bonds. The Balaban J connectivity index is 2.60. The summed E-state index contributed by atoms with van der Waals surface area (Å²) in [7, 11) is -1.36. The van der Waals surface area contributed by atoms with Gasteiger partial charge in [0.25, 0.3) is 10.0 Å². The van der Waals surface area contributed by atoms with E-state index in [0.717, 1.165) is 15.6 Å². The lowest BCUT2D eigenvalue weighted by Crippen LogP contribution is -2.36. The van der Waals surface area contributed by atoms with Crippen molar-refractivity contribution in [2.75, 3.05) is 25.1 Å². The maximum Gasteiger partial charge on any atom is 0.326 e.